The molecule has 2 amide bonds. The summed E-state index contributed by atoms with van der Waals surface area (Å²) in [4.78, 5) is 25.9. The Morgan fingerprint density at radius 3 is 2.48 bits per heavy atom. The number of ether oxygens (including phenoxy) is 1. The van der Waals surface area contributed by atoms with E-state index in [1.54, 1.807) is 6.07 Å². The third-order valence-electron chi connectivity index (χ3n) is 4.25. The SMILES string of the molecule is Cc1sc(C(=O)N[C@@H](CNC(=O)OCC(C)C)Cc2ccccc2C(F)(F)F)cc1Br. The summed E-state index contributed by atoms with van der Waals surface area (Å²) in [5, 5.41) is 5.26. The lowest BCUT2D eigenvalue weighted by Crippen LogP contribution is -2.45. The minimum Gasteiger partial charge on any atom is -0.449 e. The summed E-state index contributed by atoms with van der Waals surface area (Å²) in [6.07, 6.45) is -5.33. The Morgan fingerprint density at radius 2 is 1.90 bits per heavy atom. The number of benzene rings is 1. The number of carbonyl (C=O) groups excluding carboxylic acids is 2. The molecule has 2 N–H and O–H groups in total. The lowest BCUT2D eigenvalue weighted by atomic mass is 9.99. The van der Waals surface area contributed by atoms with Crippen molar-refractivity contribution in [3.63, 3.8) is 0 Å². The van der Waals surface area contributed by atoms with E-state index in [-0.39, 0.29) is 31.1 Å². The summed E-state index contributed by atoms with van der Waals surface area (Å²) in [5.41, 5.74) is -0.743. The molecule has 2 rings (SSSR count). The fourth-order valence-corrected chi connectivity index (χ4v) is 4.18. The van der Waals surface area contributed by atoms with E-state index >= 15 is 0 Å². The molecule has 170 valence electrons. The summed E-state index contributed by atoms with van der Waals surface area (Å²) in [6.45, 7) is 5.73. The Labute approximate surface area is 191 Å². The third kappa shape index (κ3) is 7.84. The molecule has 1 aromatic heterocycles. The van der Waals surface area contributed by atoms with Crippen molar-refractivity contribution in [1.29, 1.82) is 0 Å². The second kappa shape index (κ2) is 11.0. The number of alkyl halides is 3. The summed E-state index contributed by atoms with van der Waals surface area (Å²) in [6, 6.07) is 6.06. The maximum Gasteiger partial charge on any atom is 0.416 e. The van der Waals surface area contributed by atoms with Crippen LogP contribution in [0.15, 0.2) is 34.8 Å². The van der Waals surface area contributed by atoms with E-state index in [0.717, 1.165) is 15.4 Å². The molecular formula is C21H24BrF3N2O3S. The van der Waals surface area contributed by atoms with Crippen LogP contribution in [0.5, 0.6) is 0 Å². The predicted octanol–water partition coefficient (Wildman–Crippen LogP) is 5.56. The van der Waals surface area contributed by atoms with E-state index in [0.29, 0.717) is 4.88 Å². The maximum absolute atomic E-state index is 13.4. The normalized spacial score (nSPS) is 12.5. The molecule has 0 radical (unpaired) electrons. The minimum atomic E-state index is -4.52. The van der Waals surface area contributed by atoms with Crippen LogP contribution in [0.4, 0.5) is 18.0 Å². The molecular weight excluding hydrogens is 497 g/mol. The van der Waals surface area contributed by atoms with E-state index in [9.17, 15) is 22.8 Å². The fraction of sp³-hybridized carbons (Fsp3) is 0.429. The lowest BCUT2D eigenvalue weighted by Gasteiger charge is -2.21. The molecule has 0 aliphatic rings. The Kier molecular flexibility index (Phi) is 8.93. The zero-order chi connectivity index (χ0) is 23.2. The van der Waals surface area contributed by atoms with Gasteiger partial charge in [0, 0.05) is 15.9 Å². The summed E-state index contributed by atoms with van der Waals surface area (Å²) in [7, 11) is 0. The van der Waals surface area contributed by atoms with Gasteiger partial charge in [-0.15, -0.1) is 11.3 Å². The number of hydrogen-bond donors (Lipinski definition) is 2. The van der Waals surface area contributed by atoms with Gasteiger partial charge < -0.3 is 15.4 Å². The number of thiophene rings is 1. The molecule has 0 saturated heterocycles. The molecule has 31 heavy (non-hydrogen) atoms. The van der Waals surface area contributed by atoms with Gasteiger partial charge in [-0.3, -0.25) is 4.79 Å². The van der Waals surface area contributed by atoms with Gasteiger partial charge in [-0.2, -0.15) is 13.2 Å². The Balaban J connectivity index is 2.17. The fourth-order valence-electron chi connectivity index (χ4n) is 2.74. The van der Waals surface area contributed by atoms with Crippen LogP contribution in [0.1, 0.15) is 39.5 Å². The van der Waals surface area contributed by atoms with Crippen molar-refractivity contribution in [1.82, 2.24) is 10.6 Å². The first-order valence-electron chi connectivity index (χ1n) is 9.60. The average Bonchev–Trinajstić information content (AvgIpc) is 3.02. The van der Waals surface area contributed by atoms with E-state index in [2.05, 4.69) is 26.6 Å². The number of hydrogen-bond acceptors (Lipinski definition) is 4. The number of carbonyl (C=O) groups is 2. The molecule has 0 saturated carbocycles. The molecule has 0 spiro atoms. The molecule has 0 aliphatic carbocycles. The van der Waals surface area contributed by atoms with Gasteiger partial charge in [-0.05, 0) is 52.9 Å². The molecule has 1 atom stereocenters. The maximum atomic E-state index is 13.4. The van der Waals surface area contributed by atoms with Crippen LogP contribution < -0.4 is 10.6 Å². The molecule has 10 heteroatoms. The standard InChI is InChI=1S/C21H24BrF3N2O3S/c1-12(2)11-30-20(29)26-10-15(27-19(28)18-9-17(22)13(3)31-18)8-14-6-4-5-7-16(14)21(23,24)25/h4-7,9,12,15H,8,10-11H2,1-3H3,(H,26,29)(H,27,28)/t15-/m1/s1. The number of amides is 2. The van der Waals surface area contributed by atoms with E-state index in [1.165, 1.54) is 29.5 Å². The van der Waals surface area contributed by atoms with Crippen molar-refractivity contribution < 1.29 is 27.5 Å². The van der Waals surface area contributed by atoms with Crippen LogP contribution in [0.3, 0.4) is 0 Å². The highest BCUT2D eigenvalue weighted by atomic mass is 79.9. The molecule has 0 fully saturated rings. The third-order valence-corrected chi connectivity index (χ3v) is 6.38. The number of halogens is 4. The molecule has 0 unspecified atom stereocenters. The number of rotatable bonds is 8. The van der Waals surface area contributed by atoms with Crippen molar-refractivity contribution in [2.75, 3.05) is 13.2 Å². The van der Waals surface area contributed by atoms with Gasteiger partial charge in [0.1, 0.15) is 0 Å². The predicted molar refractivity (Wildman–Crippen MR) is 117 cm³/mol. The van der Waals surface area contributed by atoms with Crippen LogP contribution >= 0.6 is 27.3 Å². The van der Waals surface area contributed by atoms with Gasteiger partial charge in [0.2, 0.25) is 0 Å². The van der Waals surface area contributed by atoms with Crippen molar-refractivity contribution in [3.8, 4) is 0 Å². The smallest absolute Gasteiger partial charge is 0.416 e. The second-order valence-corrected chi connectivity index (χ2v) is 9.53. The summed E-state index contributed by atoms with van der Waals surface area (Å²) < 4.78 is 46.0. The largest absolute Gasteiger partial charge is 0.449 e. The van der Waals surface area contributed by atoms with Crippen molar-refractivity contribution in [2.45, 2.75) is 39.4 Å². The van der Waals surface area contributed by atoms with Crippen LogP contribution in [0.25, 0.3) is 0 Å². The molecule has 0 bridgehead atoms. The van der Waals surface area contributed by atoms with E-state index < -0.39 is 29.8 Å². The molecule has 5 nitrogen and oxygen atoms in total. The molecule has 0 aliphatic heterocycles. The Hall–Kier alpha value is -2.07. The van der Waals surface area contributed by atoms with Crippen molar-refractivity contribution in [3.05, 3.63) is 55.7 Å². The highest BCUT2D eigenvalue weighted by molar-refractivity contribution is 9.10. The molecule has 1 aromatic carbocycles. The lowest BCUT2D eigenvalue weighted by molar-refractivity contribution is -0.138. The number of alkyl carbamates (subject to hydrolysis) is 1. The van der Waals surface area contributed by atoms with Crippen LogP contribution in [0, 0.1) is 12.8 Å². The summed E-state index contributed by atoms with van der Waals surface area (Å²) in [5.74, 6) is -0.286. The van der Waals surface area contributed by atoms with Crippen LogP contribution in [-0.4, -0.2) is 31.2 Å². The average molecular weight is 521 g/mol. The van der Waals surface area contributed by atoms with Gasteiger partial charge >= 0.3 is 12.3 Å². The second-order valence-electron chi connectivity index (χ2n) is 7.42. The van der Waals surface area contributed by atoms with Crippen LogP contribution in [-0.2, 0) is 17.3 Å². The van der Waals surface area contributed by atoms with Crippen molar-refractivity contribution >= 4 is 39.3 Å². The number of nitrogens with one attached hydrogen (secondary N) is 2. The van der Waals surface area contributed by atoms with Gasteiger partial charge in [0.05, 0.1) is 23.1 Å². The molecule has 1 heterocycles. The summed E-state index contributed by atoms with van der Waals surface area (Å²) >= 11 is 4.61. The Bertz CT molecular complexity index is 896. The molecule has 2 aromatic rings. The highest BCUT2D eigenvalue weighted by Crippen LogP contribution is 2.32. The number of aryl methyl sites for hydroxylation is 1. The monoisotopic (exact) mass is 520 g/mol. The van der Waals surface area contributed by atoms with E-state index in [4.69, 9.17) is 4.74 Å². The van der Waals surface area contributed by atoms with E-state index in [1.807, 2.05) is 20.8 Å². The topological polar surface area (TPSA) is 67.4 Å². The first-order valence-corrected chi connectivity index (χ1v) is 11.2. The quantitative estimate of drug-likeness (QED) is 0.478. The van der Waals surface area contributed by atoms with Crippen LogP contribution in [0.2, 0.25) is 0 Å². The first-order chi connectivity index (χ1) is 14.5. The van der Waals surface area contributed by atoms with Crippen molar-refractivity contribution in [2.24, 2.45) is 5.92 Å². The zero-order valence-corrected chi connectivity index (χ0v) is 19.7. The van der Waals surface area contributed by atoms with Gasteiger partial charge in [-0.25, -0.2) is 4.79 Å². The Morgan fingerprint density at radius 1 is 1.23 bits per heavy atom. The van der Waals surface area contributed by atoms with Gasteiger partial charge in [0.25, 0.3) is 5.91 Å². The highest BCUT2D eigenvalue weighted by Gasteiger charge is 2.33. The van der Waals surface area contributed by atoms with Gasteiger partial charge in [-0.1, -0.05) is 32.0 Å². The van der Waals surface area contributed by atoms with Gasteiger partial charge in [0.15, 0.2) is 0 Å². The minimum absolute atomic E-state index is 0.0289. The zero-order valence-electron chi connectivity index (χ0n) is 17.3. The first kappa shape index (κ1) is 25.2.